The van der Waals surface area contributed by atoms with Gasteiger partial charge >= 0.3 is 0 Å². The summed E-state index contributed by atoms with van der Waals surface area (Å²) in [4.78, 5) is 10.0. The fraction of sp³-hybridized carbons (Fsp3) is 0.265. The van der Waals surface area contributed by atoms with Crippen LogP contribution in [0.3, 0.4) is 0 Å². The molecule has 7 rings (SSSR count). The van der Waals surface area contributed by atoms with Gasteiger partial charge in [-0.25, -0.2) is 4.98 Å². The predicted octanol–water partition coefficient (Wildman–Crippen LogP) is 13.1. The van der Waals surface area contributed by atoms with Crippen LogP contribution in [-0.4, -0.2) is 15.1 Å². The van der Waals surface area contributed by atoms with Gasteiger partial charge in [-0.2, -0.15) is 0 Å². The Balaban J connectivity index is 1.33. The largest absolute Gasteiger partial charge is 0.507 e. The standard InChI is InChI=1S/C49H50N2O2/c1-47(2,3)37-26-35(25-36(27-37)42-28-34(21-22-50-42)33-18-13-17-32(24-33)23-31-15-11-10-12-16-31)39-19-14-20-43-44(39)51-46(53-43)40-29-38(48(4,5)6)30-41(45(40)52)49(7,8)9/h10-22,24-30,52H,23H2,1-9H3. The Morgan fingerprint density at radius 1 is 0.547 bits per heavy atom. The van der Waals surface area contributed by atoms with E-state index in [2.05, 4.69) is 159 Å². The quantitative estimate of drug-likeness (QED) is 0.188. The second-order valence-electron chi connectivity index (χ2n) is 17.4. The molecule has 5 aromatic carbocycles. The van der Waals surface area contributed by atoms with Crippen molar-refractivity contribution in [3.63, 3.8) is 0 Å². The van der Waals surface area contributed by atoms with Crippen molar-refractivity contribution in [2.45, 2.75) is 85.0 Å². The van der Waals surface area contributed by atoms with Crippen LogP contribution in [0.5, 0.6) is 5.75 Å². The van der Waals surface area contributed by atoms with Crippen molar-refractivity contribution < 1.29 is 9.52 Å². The lowest BCUT2D eigenvalue weighted by Crippen LogP contribution is -2.17. The van der Waals surface area contributed by atoms with E-state index in [1.165, 1.54) is 22.3 Å². The molecule has 0 fully saturated rings. The third-order valence-electron chi connectivity index (χ3n) is 10.1. The van der Waals surface area contributed by atoms with E-state index in [1.807, 2.05) is 24.4 Å². The highest BCUT2D eigenvalue weighted by atomic mass is 16.3. The molecule has 2 aromatic heterocycles. The molecule has 268 valence electrons. The summed E-state index contributed by atoms with van der Waals surface area (Å²) < 4.78 is 6.47. The van der Waals surface area contributed by atoms with Gasteiger partial charge in [-0.1, -0.05) is 141 Å². The molecule has 0 aliphatic heterocycles. The number of hydrogen-bond donors (Lipinski definition) is 1. The first-order valence-electron chi connectivity index (χ1n) is 18.6. The molecule has 0 aliphatic carbocycles. The summed E-state index contributed by atoms with van der Waals surface area (Å²) >= 11 is 0. The molecule has 4 heteroatoms. The Morgan fingerprint density at radius 2 is 1.21 bits per heavy atom. The molecule has 0 bridgehead atoms. The zero-order valence-electron chi connectivity index (χ0n) is 32.5. The first-order chi connectivity index (χ1) is 25.0. The number of nitrogens with zero attached hydrogens (tertiary/aromatic N) is 2. The number of benzene rings is 5. The fourth-order valence-electron chi connectivity index (χ4n) is 6.92. The molecule has 1 N–H and O–H groups in total. The van der Waals surface area contributed by atoms with Gasteiger partial charge in [0.2, 0.25) is 5.89 Å². The summed E-state index contributed by atoms with van der Waals surface area (Å²) in [6.45, 7) is 19.6. The number of phenols is 1. The van der Waals surface area contributed by atoms with Crippen molar-refractivity contribution in [3.8, 4) is 50.7 Å². The van der Waals surface area contributed by atoms with Gasteiger partial charge in [0.05, 0.1) is 11.3 Å². The Hall–Kier alpha value is -5.48. The molecule has 53 heavy (non-hydrogen) atoms. The summed E-state index contributed by atoms with van der Waals surface area (Å²) in [6.07, 6.45) is 2.80. The Labute approximate surface area is 314 Å². The van der Waals surface area contributed by atoms with Crippen molar-refractivity contribution in [2.24, 2.45) is 0 Å². The smallest absolute Gasteiger partial charge is 0.231 e. The van der Waals surface area contributed by atoms with Gasteiger partial charge in [-0.05, 0) is 98.0 Å². The van der Waals surface area contributed by atoms with Crippen molar-refractivity contribution in [1.82, 2.24) is 9.97 Å². The number of oxazole rings is 1. The van der Waals surface area contributed by atoms with E-state index in [0.29, 0.717) is 17.0 Å². The average molecular weight is 699 g/mol. The molecule has 0 radical (unpaired) electrons. The normalized spacial score (nSPS) is 12.4. The highest BCUT2D eigenvalue weighted by molar-refractivity contribution is 5.93. The monoisotopic (exact) mass is 698 g/mol. The lowest BCUT2D eigenvalue weighted by Gasteiger charge is -2.27. The van der Waals surface area contributed by atoms with Crippen molar-refractivity contribution in [2.75, 3.05) is 0 Å². The average Bonchev–Trinajstić information content (AvgIpc) is 3.55. The van der Waals surface area contributed by atoms with Crippen LogP contribution < -0.4 is 0 Å². The zero-order chi connectivity index (χ0) is 37.7. The predicted molar refractivity (Wildman–Crippen MR) is 221 cm³/mol. The number of hydrogen-bond acceptors (Lipinski definition) is 4. The minimum Gasteiger partial charge on any atom is -0.507 e. The molecule has 0 aliphatic rings. The minimum atomic E-state index is -0.267. The molecule has 0 atom stereocenters. The van der Waals surface area contributed by atoms with Gasteiger partial charge < -0.3 is 9.52 Å². The van der Waals surface area contributed by atoms with E-state index in [9.17, 15) is 5.11 Å². The van der Waals surface area contributed by atoms with E-state index in [4.69, 9.17) is 14.4 Å². The maximum atomic E-state index is 11.6. The van der Waals surface area contributed by atoms with Gasteiger partial charge in [-0.15, -0.1) is 0 Å². The number of rotatable bonds is 6. The van der Waals surface area contributed by atoms with Crippen LogP contribution in [0.2, 0.25) is 0 Å². The first-order valence-corrected chi connectivity index (χ1v) is 18.6. The van der Waals surface area contributed by atoms with Crippen LogP contribution in [0.25, 0.3) is 56.1 Å². The maximum Gasteiger partial charge on any atom is 0.231 e. The number of para-hydroxylation sites is 1. The lowest BCUT2D eigenvalue weighted by molar-refractivity contribution is 0.444. The number of phenolic OH excluding ortho intramolecular Hbond substituents is 1. The van der Waals surface area contributed by atoms with Gasteiger partial charge in [0.1, 0.15) is 11.3 Å². The van der Waals surface area contributed by atoms with Crippen LogP contribution in [0.4, 0.5) is 0 Å². The SMILES string of the molecule is CC(C)(C)c1cc(-c2cc(-c3cccc(Cc4ccccc4)c3)ccn2)cc(-c2cccc3oc(-c4cc(C(C)(C)C)cc(C(C)(C)C)c4O)nc23)c1. The molecule has 0 unspecified atom stereocenters. The highest BCUT2D eigenvalue weighted by Crippen LogP contribution is 2.44. The Morgan fingerprint density at radius 3 is 1.92 bits per heavy atom. The highest BCUT2D eigenvalue weighted by Gasteiger charge is 2.28. The van der Waals surface area contributed by atoms with Gasteiger partial charge in [-0.3, -0.25) is 4.98 Å². The fourth-order valence-corrected chi connectivity index (χ4v) is 6.92. The molecule has 0 amide bonds. The van der Waals surface area contributed by atoms with Crippen molar-refractivity contribution >= 4 is 11.1 Å². The minimum absolute atomic E-state index is 0.112. The van der Waals surface area contributed by atoms with E-state index in [-0.39, 0.29) is 22.0 Å². The third kappa shape index (κ3) is 7.55. The summed E-state index contributed by atoms with van der Waals surface area (Å²) in [5, 5.41) is 11.6. The summed E-state index contributed by atoms with van der Waals surface area (Å²) in [6, 6.07) is 40.6. The number of pyridine rings is 1. The molecule has 0 saturated heterocycles. The van der Waals surface area contributed by atoms with Crippen LogP contribution in [-0.2, 0) is 22.7 Å². The number of fused-ring (bicyclic) bond motifs is 1. The van der Waals surface area contributed by atoms with E-state index in [1.54, 1.807) is 0 Å². The molecule has 0 spiro atoms. The molecular weight excluding hydrogens is 649 g/mol. The topological polar surface area (TPSA) is 59.2 Å². The summed E-state index contributed by atoms with van der Waals surface area (Å²) in [5.41, 5.74) is 13.6. The van der Waals surface area contributed by atoms with Gasteiger partial charge in [0.15, 0.2) is 5.58 Å². The van der Waals surface area contributed by atoms with E-state index >= 15 is 0 Å². The summed E-state index contributed by atoms with van der Waals surface area (Å²) in [7, 11) is 0. The van der Waals surface area contributed by atoms with Crippen LogP contribution >= 0.6 is 0 Å². The van der Waals surface area contributed by atoms with Crippen molar-refractivity contribution in [3.05, 3.63) is 149 Å². The third-order valence-corrected chi connectivity index (χ3v) is 10.1. The number of aromatic nitrogens is 2. The van der Waals surface area contributed by atoms with Crippen LogP contribution in [0.1, 0.15) is 90.1 Å². The molecule has 4 nitrogen and oxygen atoms in total. The number of aromatic hydroxyl groups is 1. The Bertz CT molecular complexity index is 2430. The van der Waals surface area contributed by atoms with Crippen LogP contribution in [0, 0.1) is 0 Å². The van der Waals surface area contributed by atoms with Crippen molar-refractivity contribution in [1.29, 1.82) is 0 Å². The van der Waals surface area contributed by atoms with Gasteiger partial charge in [0, 0.05) is 22.9 Å². The molecular formula is C49H50N2O2. The molecule has 0 saturated carbocycles. The summed E-state index contributed by atoms with van der Waals surface area (Å²) in [5.74, 6) is 0.629. The first kappa shape index (κ1) is 35.9. The second-order valence-corrected chi connectivity index (χ2v) is 17.4. The zero-order valence-corrected chi connectivity index (χ0v) is 32.5. The van der Waals surface area contributed by atoms with E-state index < -0.39 is 0 Å². The molecule has 2 heterocycles. The maximum absolute atomic E-state index is 11.6. The van der Waals surface area contributed by atoms with Gasteiger partial charge in [0.25, 0.3) is 0 Å². The van der Waals surface area contributed by atoms with Crippen LogP contribution in [0.15, 0.2) is 126 Å². The lowest BCUT2D eigenvalue weighted by atomic mass is 9.79. The second kappa shape index (κ2) is 13.5. The molecule has 7 aromatic rings. The Kier molecular flexibility index (Phi) is 9.14. The van der Waals surface area contributed by atoms with E-state index in [0.717, 1.165) is 51.0 Å².